The minimum atomic E-state index is -0.482. The molecule has 4 heteroatoms. The number of halogens is 1. The molecule has 0 aromatic heterocycles. The van der Waals surface area contributed by atoms with Gasteiger partial charge in [-0.05, 0) is 37.5 Å². The van der Waals surface area contributed by atoms with Crippen molar-refractivity contribution in [3.8, 4) is 0 Å². The maximum absolute atomic E-state index is 9.55. The van der Waals surface area contributed by atoms with Crippen LogP contribution in [-0.2, 0) is 4.74 Å². The molecule has 1 aliphatic rings. The van der Waals surface area contributed by atoms with E-state index in [0.717, 1.165) is 17.8 Å². The van der Waals surface area contributed by atoms with Gasteiger partial charge in [0, 0.05) is 19.7 Å². The van der Waals surface area contributed by atoms with E-state index in [9.17, 15) is 5.11 Å². The molecule has 1 aliphatic carbocycles. The van der Waals surface area contributed by atoms with Crippen LogP contribution in [0.25, 0.3) is 0 Å². The second-order valence-corrected chi connectivity index (χ2v) is 5.21. The second-order valence-electron chi connectivity index (χ2n) is 4.80. The van der Waals surface area contributed by atoms with E-state index in [1.807, 2.05) is 18.2 Å². The van der Waals surface area contributed by atoms with E-state index in [2.05, 4.69) is 4.90 Å². The van der Waals surface area contributed by atoms with E-state index < -0.39 is 6.10 Å². The van der Waals surface area contributed by atoms with E-state index >= 15 is 0 Å². The summed E-state index contributed by atoms with van der Waals surface area (Å²) in [5.41, 5.74) is 1.90. The fourth-order valence-corrected chi connectivity index (χ4v) is 2.39. The van der Waals surface area contributed by atoms with Gasteiger partial charge >= 0.3 is 0 Å². The third-order valence-electron chi connectivity index (χ3n) is 3.29. The molecule has 0 heterocycles. The minimum Gasteiger partial charge on any atom is -0.389 e. The van der Waals surface area contributed by atoms with Gasteiger partial charge in [-0.2, -0.15) is 0 Å². The van der Waals surface area contributed by atoms with Crippen molar-refractivity contribution in [2.45, 2.75) is 31.9 Å². The zero-order chi connectivity index (χ0) is 13.1. The average Bonchev–Trinajstić information content (AvgIpc) is 3.15. The number of rotatable bonds is 6. The molecular formula is C14H20ClNO2. The molecule has 0 saturated heterocycles. The molecule has 18 heavy (non-hydrogen) atoms. The molecule has 1 fully saturated rings. The van der Waals surface area contributed by atoms with Crippen LogP contribution in [0.5, 0.6) is 0 Å². The Morgan fingerprint density at radius 1 is 1.50 bits per heavy atom. The summed E-state index contributed by atoms with van der Waals surface area (Å²) < 4.78 is 5.15. The molecule has 2 rings (SSSR count). The minimum absolute atomic E-state index is 0.482. The number of ether oxygens (including phenoxy) is 1. The van der Waals surface area contributed by atoms with E-state index in [1.165, 1.54) is 12.8 Å². The number of nitrogens with zero attached hydrogens (tertiary/aromatic N) is 1. The lowest BCUT2D eigenvalue weighted by molar-refractivity contribution is 0.199. The number of methoxy groups -OCH3 is 1. The van der Waals surface area contributed by atoms with Crippen molar-refractivity contribution in [1.82, 2.24) is 0 Å². The largest absolute Gasteiger partial charge is 0.389 e. The Morgan fingerprint density at radius 2 is 2.22 bits per heavy atom. The molecule has 1 N–H and O–H groups in total. The highest BCUT2D eigenvalue weighted by Crippen LogP contribution is 2.36. The monoisotopic (exact) mass is 269 g/mol. The standard InChI is InChI=1S/C14H20ClNO2/c1-10(17)11-3-6-14(13(15)9-11)16(7-8-18-2)12-4-5-12/h3,6,9-10,12,17H,4-5,7-8H2,1-2H3. The molecule has 0 radical (unpaired) electrons. The first-order valence-corrected chi connectivity index (χ1v) is 6.74. The van der Waals surface area contributed by atoms with E-state index in [0.29, 0.717) is 17.7 Å². The number of aliphatic hydroxyl groups is 1. The van der Waals surface area contributed by atoms with Gasteiger partial charge < -0.3 is 14.7 Å². The van der Waals surface area contributed by atoms with Crippen molar-refractivity contribution in [3.63, 3.8) is 0 Å². The highest BCUT2D eigenvalue weighted by atomic mass is 35.5. The van der Waals surface area contributed by atoms with Gasteiger partial charge in [0.2, 0.25) is 0 Å². The molecule has 1 saturated carbocycles. The quantitative estimate of drug-likeness (QED) is 0.862. The first kappa shape index (κ1) is 13.7. The van der Waals surface area contributed by atoms with Gasteiger partial charge in [-0.15, -0.1) is 0 Å². The number of anilines is 1. The van der Waals surface area contributed by atoms with Crippen molar-refractivity contribution < 1.29 is 9.84 Å². The van der Waals surface area contributed by atoms with Crippen LogP contribution in [-0.4, -0.2) is 31.4 Å². The fraction of sp³-hybridized carbons (Fsp3) is 0.571. The number of hydrogen-bond acceptors (Lipinski definition) is 3. The summed E-state index contributed by atoms with van der Waals surface area (Å²) in [5.74, 6) is 0. The third-order valence-corrected chi connectivity index (χ3v) is 3.59. The number of aliphatic hydroxyl groups excluding tert-OH is 1. The molecule has 1 aromatic rings. The Labute approximate surface area is 113 Å². The molecule has 0 aliphatic heterocycles. The maximum Gasteiger partial charge on any atom is 0.0762 e. The van der Waals surface area contributed by atoms with Crippen molar-refractivity contribution in [1.29, 1.82) is 0 Å². The van der Waals surface area contributed by atoms with Gasteiger partial charge in [0.25, 0.3) is 0 Å². The second kappa shape index (κ2) is 5.91. The van der Waals surface area contributed by atoms with Crippen LogP contribution >= 0.6 is 11.6 Å². The van der Waals surface area contributed by atoms with E-state index in [1.54, 1.807) is 14.0 Å². The van der Waals surface area contributed by atoms with Crippen LogP contribution in [0.15, 0.2) is 18.2 Å². The first-order valence-electron chi connectivity index (χ1n) is 6.36. The molecule has 3 nitrogen and oxygen atoms in total. The Kier molecular flexibility index (Phi) is 4.49. The Bertz CT molecular complexity index is 405. The van der Waals surface area contributed by atoms with Crippen molar-refractivity contribution in [2.24, 2.45) is 0 Å². The summed E-state index contributed by atoms with van der Waals surface area (Å²) >= 11 is 6.33. The predicted octanol–water partition coefficient (Wildman–Crippen LogP) is 3.01. The van der Waals surface area contributed by atoms with Gasteiger partial charge in [0.15, 0.2) is 0 Å². The highest BCUT2D eigenvalue weighted by Gasteiger charge is 2.30. The lowest BCUT2D eigenvalue weighted by atomic mass is 10.1. The molecular weight excluding hydrogens is 250 g/mol. The van der Waals surface area contributed by atoms with Crippen LogP contribution in [0.4, 0.5) is 5.69 Å². The maximum atomic E-state index is 9.55. The molecule has 0 bridgehead atoms. The molecule has 1 unspecified atom stereocenters. The smallest absolute Gasteiger partial charge is 0.0762 e. The van der Waals surface area contributed by atoms with Gasteiger partial charge in [-0.25, -0.2) is 0 Å². The average molecular weight is 270 g/mol. The molecule has 100 valence electrons. The van der Waals surface area contributed by atoms with Crippen molar-refractivity contribution in [3.05, 3.63) is 28.8 Å². The highest BCUT2D eigenvalue weighted by molar-refractivity contribution is 6.33. The summed E-state index contributed by atoms with van der Waals surface area (Å²) in [6, 6.07) is 6.38. The normalized spacial score (nSPS) is 16.7. The van der Waals surface area contributed by atoms with Crippen molar-refractivity contribution >= 4 is 17.3 Å². The van der Waals surface area contributed by atoms with Gasteiger partial charge in [0.1, 0.15) is 0 Å². The van der Waals surface area contributed by atoms with Crippen LogP contribution in [0.1, 0.15) is 31.4 Å². The first-order chi connectivity index (χ1) is 8.63. The summed E-state index contributed by atoms with van der Waals surface area (Å²) in [6.07, 6.45) is 1.96. The predicted molar refractivity (Wildman–Crippen MR) is 74.3 cm³/mol. The van der Waals surface area contributed by atoms with Crippen LogP contribution in [0.2, 0.25) is 5.02 Å². The zero-order valence-electron chi connectivity index (χ0n) is 10.9. The Hall–Kier alpha value is -0.770. The Balaban J connectivity index is 2.19. The van der Waals surface area contributed by atoms with Gasteiger partial charge in [-0.1, -0.05) is 17.7 Å². The van der Waals surface area contributed by atoms with Crippen LogP contribution < -0.4 is 4.90 Å². The number of hydrogen-bond donors (Lipinski definition) is 1. The SMILES string of the molecule is COCCN(c1ccc(C(C)O)cc1Cl)C1CC1. The van der Waals surface area contributed by atoms with Crippen LogP contribution in [0, 0.1) is 0 Å². The Morgan fingerprint density at radius 3 is 2.72 bits per heavy atom. The summed E-state index contributed by atoms with van der Waals surface area (Å²) in [6.45, 7) is 3.30. The molecule has 0 amide bonds. The molecule has 1 aromatic carbocycles. The molecule has 1 atom stereocenters. The number of benzene rings is 1. The topological polar surface area (TPSA) is 32.7 Å². The lowest BCUT2D eigenvalue weighted by Gasteiger charge is -2.26. The van der Waals surface area contributed by atoms with Crippen molar-refractivity contribution in [2.75, 3.05) is 25.2 Å². The zero-order valence-corrected chi connectivity index (χ0v) is 11.7. The van der Waals surface area contributed by atoms with Gasteiger partial charge in [0.05, 0.1) is 23.4 Å². The third kappa shape index (κ3) is 3.16. The van der Waals surface area contributed by atoms with E-state index in [4.69, 9.17) is 16.3 Å². The van der Waals surface area contributed by atoms with E-state index in [-0.39, 0.29) is 0 Å². The fourth-order valence-electron chi connectivity index (χ4n) is 2.09. The molecule has 0 spiro atoms. The summed E-state index contributed by atoms with van der Waals surface area (Å²) in [7, 11) is 1.71. The summed E-state index contributed by atoms with van der Waals surface area (Å²) in [5, 5.41) is 10.3. The van der Waals surface area contributed by atoms with Gasteiger partial charge in [-0.3, -0.25) is 0 Å². The summed E-state index contributed by atoms with van der Waals surface area (Å²) in [4.78, 5) is 2.30. The lowest BCUT2D eigenvalue weighted by Crippen LogP contribution is -2.29. The van der Waals surface area contributed by atoms with Crippen LogP contribution in [0.3, 0.4) is 0 Å².